The molecule has 1 fully saturated rings. The molecular weight excluding hydrogens is 502 g/mol. The maximum Gasteiger partial charge on any atom is 0.416 e. The molecule has 1 aromatic heterocycles. The molecule has 1 heterocycles. The Morgan fingerprint density at radius 1 is 1.12 bits per heavy atom. The molecule has 16 heteroatoms. The zero-order chi connectivity index (χ0) is 25.6. The molecule has 0 bridgehead atoms. The van der Waals surface area contributed by atoms with Crippen LogP contribution in [0, 0.1) is 0 Å². The standard InChI is InChI=1S/C18H17F8N5O2S/c19-18(20,21)13-7-12(8-14(9-13)34(22,23,24,25)26)16-28-10-30(29-16)6-3-15(33)17(31(27)11-32)4-1-2-5-17/h3,6-11H,1-2,4-5,27H2/b6-3-. The van der Waals surface area contributed by atoms with Crippen LogP contribution in [-0.2, 0) is 15.8 Å². The summed E-state index contributed by atoms with van der Waals surface area (Å²) in [5, 5.41) is 4.38. The normalized spacial score (nSPS) is 18.5. The van der Waals surface area contributed by atoms with E-state index in [2.05, 4.69) is 10.1 Å². The molecule has 1 aliphatic carbocycles. The van der Waals surface area contributed by atoms with E-state index in [0.717, 1.165) is 28.3 Å². The second-order valence-corrected chi connectivity index (χ2v) is 10.1. The monoisotopic (exact) mass is 519 g/mol. The van der Waals surface area contributed by atoms with Gasteiger partial charge < -0.3 is 0 Å². The van der Waals surface area contributed by atoms with E-state index in [9.17, 15) is 42.2 Å². The molecule has 188 valence electrons. The molecule has 0 atom stereocenters. The van der Waals surface area contributed by atoms with E-state index in [-0.39, 0.29) is 31.4 Å². The summed E-state index contributed by atoms with van der Waals surface area (Å²) >= 11 is 0. The van der Waals surface area contributed by atoms with Gasteiger partial charge in [-0.1, -0.05) is 32.3 Å². The van der Waals surface area contributed by atoms with Gasteiger partial charge in [0.2, 0.25) is 6.41 Å². The number of nitrogens with two attached hydrogens (primary N) is 1. The Hall–Kier alpha value is -3.01. The molecule has 1 saturated carbocycles. The number of carbonyl (C=O) groups excluding carboxylic acids is 2. The van der Waals surface area contributed by atoms with E-state index in [4.69, 9.17) is 5.84 Å². The minimum Gasteiger partial charge on any atom is -0.292 e. The molecule has 1 amide bonds. The maximum atomic E-state index is 13.2. The Kier molecular flexibility index (Phi) is 5.65. The smallest absolute Gasteiger partial charge is 0.292 e. The van der Waals surface area contributed by atoms with Crippen LogP contribution in [0.2, 0.25) is 0 Å². The van der Waals surface area contributed by atoms with E-state index in [1.165, 1.54) is 0 Å². The second kappa shape index (κ2) is 7.49. The fraction of sp³-hybridized carbons (Fsp3) is 0.333. The molecular formula is C18H17F8N5O2S. The summed E-state index contributed by atoms with van der Waals surface area (Å²) in [4.78, 5) is 24.5. The Morgan fingerprint density at radius 2 is 1.74 bits per heavy atom. The van der Waals surface area contributed by atoms with Crippen molar-refractivity contribution in [3.63, 3.8) is 0 Å². The number of hydrogen-bond donors (Lipinski definition) is 1. The van der Waals surface area contributed by atoms with Gasteiger partial charge in [0.1, 0.15) is 16.8 Å². The first-order valence-corrected chi connectivity index (χ1v) is 11.4. The first kappa shape index (κ1) is 25.6. The second-order valence-electron chi connectivity index (χ2n) is 7.69. The van der Waals surface area contributed by atoms with Crippen molar-refractivity contribution in [1.82, 2.24) is 19.8 Å². The first-order valence-electron chi connectivity index (χ1n) is 9.46. The summed E-state index contributed by atoms with van der Waals surface area (Å²) in [6.07, 6.45) is -0.433. The molecule has 0 unspecified atom stereocenters. The van der Waals surface area contributed by atoms with Crippen LogP contribution in [0.5, 0.6) is 0 Å². The van der Waals surface area contributed by atoms with Crippen molar-refractivity contribution in [3.05, 3.63) is 36.2 Å². The molecule has 2 N–H and O–H groups in total. The third-order valence-corrected chi connectivity index (χ3v) is 6.45. The summed E-state index contributed by atoms with van der Waals surface area (Å²) in [5.74, 6) is 4.31. The molecule has 2 aromatic rings. The van der Waals surface area contributed by atoms with Crippen molar-refractivity contribution in [2.24, 2.45) is 5.84 Å². The van der Waals surface area contributed by atoms with Gasteiger partial charge in [-0.2, -0.15) is 13.2 Å². The number of hydrogen-bond acceptors (Lipinski definition) is 5. The van der Waals surface area contributed by atoms with Gasteiger partial charge in [-0.05, 0) is 31.0 Å². The lowest BCUT2D eigenvalue weighted by molar-refractivity contribution is -0.137. The zero-order valence-electron chi connectivity index (χ0n) is 17.0. The van der Waals surface area contributed by atoms with Gasteiger partial charge in [0, 0.05) is 17.8 Å². The number of alkyl halides is 3. The molecule has 3 rings (SSSR count). The molecule has 1 aliphatic rings. The van der Waals surface area contributed by atoms with E-state index < -0.39 is 55.6 Å². The van der Waals surface area contributed by atoms with Crippen molar-refractivity contribution in [2.45, 2.75) is 42.3 Å². The number of ketones is 1. The molecule has 7 nitrogen and oxygen atoms in total. The topological polar surface area (TPSA) is 94.1 Å². The van der Waals surface area contributed by atoms with Crippen LogP contribution in [0.25, 0.3) is 17.6 Å². The molecule has 0 saturated heterocycles. The third-order valence-electron chi connectivity index (χ3n) is 5.32. The predicted molar refractivity (Wildman–Crippen MR) is 105 cm³/mol. The van der Waals surface area contributed by atoms with E-state index >= 15 is 0 Å². The van der Waals surface area contributed by atoms with Gasteiger partial charge in [0.05, 0.1) is 5.56 Å². The van der Waals surface area contributed by atoms with Gasteiger partial charge in [-0.3, -0.25) is 14.6 Å². The lowest BCUT2D eigenvalue weighted by Gasteiger charge is -2.40. The number of carbonyl (C=O) groups is 2. The van der Waals surface area contributed by atoms with Gasteiger partial charge >= 0.3 is 16.4 Å². The van der Waals surface area contributed by atoms with Crippen LogP contribution in [0.15, 0.2) is 35.5 Å². The predicted octanol–water partition coefficient (Wildman–Crippen LogP) is 5.31. The maximum absolute atomic E-state index is 13.2. The number of rotatable bonds is 7. The summed E-state index contributed by atoms with van der Waals surface area (Å²) in [7, 11) is -10.5. The van der Waals surface area contributed by atoms with Crippen LogP contribution in [0.1, 0.15) is 31.2 Å². The highest BCUT2D eigenvalue weighted by atomic mass is 32.5. The number of hydrazine groups is 1. The van der Waals surface area contributed by atoms with Crippen LogP contribution >= 0.6 is 10.2 Å². The van der Waals surface area contributed by atoms with Crippen LogP contribution < -0.4 is 5.84 Å². The largest absolute Gasteiger partial charge is 0.416 e. The minimum atomic E-state index is -10.5. The molecule has 0 radical (unpaired) electrons. The Bertz CT molecular complexity index is 1150. The van der Waals surface area contributed by atoms with Crippen molar-refractivity contribution in [3.8, 4) is 11.4 Å². The van der Waals surface area contributed by atoms with Crippen molar-refractivity contribution in [1.29, 1.82) is 0 Å². The summed E-state index contributed by atoms with van der Waals surface area (Å²) < 4.78 is 106. The lowest BCUT2D eigenvalue weighted by atomic mass is 9.91. The molecule has 34 heavy (non-hydrogen) atoms. The number of nitrogens with zero attached hydrogens (tertiary/aromatic N) is 4. The number of amides is 1. The quantitative estimate of drug-likeness (QED) is 0.134. The average Bonchev–Trinajstić information content (AvgIpc) is 3.39. The lowest BCUT2D eigenvalue weighted by Crippen LogP contribution is -2.55. The van der Waals surface area contributed by atoms with Crippen molar-refractivity contribution < 1.29 is 42.2 Å². The number of aromatic nitrogens is 3. The minimum absolute atomic E-state index is 0.171. The zero-order valence-corrected chi connectivity index (χ0v) is 17.8. The van der Waals surface area contributed by atoms with Crippen LogP contribution in [0.3, 0.4) is 0 Å². The van der Waals surface area contributed by atoms with E-state index in [1.807, 2.05) is 0 Å². The van der Waals surface area contributed by atoms with E-state index in [0.29, 0.717) is 12.8 Å². The Labute approximate surface area is 186 Å². The van der Waals surface area contributed by atoms with Crippen molar-refractivity contribution in [2.75, 3.05) is 0 Å². The van der Waals surface area contributed by atoms with Gasteiger partial charge in [-0.15, -0.1) is 5.10 Å². The van der Waals surface area contributed by atoms with Crippen molar-refractivity contribution >= 4 is 28.6 Å². The third kappa shape index (κ3) is 5.22. The molecule has 0 spiro atoms. The Morgan fingerprint density at radius 3 is 2.26 bits per heavy atom. The summed E-state index contributed by atoms with van der Waals surface area (Å²) in [6, 6.07) is -0.645. The summed E-state index contributed by atoms with van der Waals surface area (Å²) in [5.41, 5.74) is -4.22. The van der Waals surface area contributed by atoms with Gasteiger partial charge in [-0.25, -0.2) is 15.5 Å². The average molecular weight is 519 g/mol. The first-order chi connectivity index (χ1) is 15.4. The van der Waals surface area contributed by atoms with Gasteiger partial charge in [0.15, 0.2) is 11.6 Å². The Balaban J connectivity index is 1.97. The SMILES string of the molecule is NN(C=O)C1(C(=O)/C=C\n2cnc(-c3cc(C(F)(F)F)cc(S(F)(F)(F)(F)F)c3)n2)CCCC1. The van der Waals surface area contributed by atoms with Gasteiger partial charge in [0.25, 0.3) is 0 Å². The molecule has 1 aromatic carbocycles. The van der Waals surface area contributed by atoms with Crippen LogP contribution in [-0.4, -0.2) is 37.5 Å². The highest BCUT2D eigenvalue weighted by Gasteiger charge is 2.66. The number of halogens is 8. The fourth-order valence-corrected chi connectivity index (χ4v) is 4.28. The number of benzene rings is 1. The van der Waals surface area contributed by atoms with Crippen LogP contribution in [0.4, 0.5) is 32.6 Å². The highest BCUT2D eigenvalue weighted by Crippen LogP contribution is 3.02. The molecule has 0 aliphatic heterocycles. The fourth-order valence-electron chi connectivity index (χ4n) is 3.59. The van der Waals surface area contributed by atoms with E-state index in [1.54, 1.807) is 0 Å². The highest BCUT2D eigenvalue weighted by molar-refractivity contribution is 8.45. The summed E-state index contributed by atoms with van der Waals surface area (Å²) in [6.45, 7) is 0.